The van der Waals surface area contributed by atoms with Gasteiger partial charge in [0.15, 0.2) is 17.5 Å². The highest BCUT2D eigenvalue weighted by Crippen LogP contribution is 2.45. The summed E-state index contributed by atoms with van der Waals surface area (Å²) in [5, 5.41) is 5.36. The van der Waals surface area contributed by atoms with E-state index in [1.54, 1.807) is 11.7 Å². The second kappa shape index (κ2) is 7.65. The molecule has 0 radical (unpaired) electrons. The first-order valence-corrected chi connectivity index (χ1v) is 11.2. The Hall–Kier alpha value is -3.75. The van der Waals surface area contributed by atoms with E-state index in [4.69, 9.17) is 0 Å². The first kappa shape index (κ1) is 20.8. The van der Waals surface area contributed by atoms with E-state index < -0.39 is 17.5 Å². The molecule has 1 amide bonds. The summed E-state index contributed by atoms with van der Waals surface area (Å²) >= 11 is 0. The van der Waals surface area contributed by atoms with Gasteiger partial charge in [-0.15, -0.1) is 0 Å². The number of rotatable bonds is 2. The Kier molecular flexibility index (Phi) is 4.68. The third-order valence-electron chi connectivity index (χ3n) is 6.91. The Morgan fingerprint density at radius 1 is 1.06 bits per heavy atom. The lowest BCUT2D eigenvalue weighted by Gasteiger charge is -2.45. The molecule has 0 unspecified atom stereocenters. The van der Waals surface area contributed by atoms with Crippen molar-refractivity contribution < 1.29 is 18.0 Å². The van der Waals surface area contributed by atoms with Crippen molar-refractivity contribution in [2.75, 3.05) is 0 Å². The molecule has 2 aromatic heterocycles. The van der Waals surface area contributed by atoms with Crippen LogP contribution in [0.3, 0.4) is 0 Å². The van der Waals surface area contributed by atoms with Gasteiger partial charge in [-0.05, 0) is 43.9 Å². The van der Waals surface area contributed by atoms with Gasteiger partial charge in [-0.1, -0.05) is 18.2 Å². The molecule has 0 saturated carbocycles. The van der Waals surface area contributed by atoms with Crippen LogP contribution in [-0.2, 0) is 13.5 Å². The topological polar surface area (TPSA) is 63.9 Å². The van der Waals surface area contributed by atoms with Crippen LogP contribution >= 0.6 is 0 Å². The number of aromatic nitrogens is 4. The molecule has 2 bridgehead atoms. The lowest BCUT2D eigenvalue weighted by atomic mass is 9.81. The van der Waals surface area contributed by atoms with Gasteiger partial charge >= 0.3 is 0 Å². The Bertz CT molecular complexity index is 1440. The first-order chi connectivity index (χ1) is 16.4. The summed E-state index contributed by atoms with van der Waals surface area (Å²) in [6.45, 7) is 0. The van der Waals surface area contributed by atoms with Gasteiger partial charge in [-0.25, -0.2) is 23.1 Å². The van der Waals surface area contributed by atoms with Gasteiger partial charge in [-0.2, -0.15) is 5.10 Å². The average Bonchev–Trinajstić information content (AvgIpc) is 3.16. The minimum Gasteiger partial charge on any atom is -0.325 e. The summed E-state index contributed by atoms with van der Waals surface area (Å²) in [7, 11) is 1.70. The van der Waals surface area contributed by atoms with Gasteiger partial charge in [0.1, 0.15) is 12.0 Å². The number of nitrogens with zero attached hydrogens (tertiary/aromatic N) is 5. The third-order valence-corrected chi connectivity index (χ3v) is 6.91. The van der Waals surface area contributed by atoms with Gasteiger partial charge in [0.2, 0.25) is 0 Å². The van der Waals surface area contributed by atoms with Gasteiger partial charge < -0.3 is 4.90 Å². The maximum absolute atomic E-state index is 14.0. The van der Waals surface area contributed by atoms with E-state index in [0.29, 0.717) is 34.4 Å². The van der Waals surface area contributed by atoms with Crippen LogP contribution in [0.15, 0.2) is 42.7 Å². The van der Waals surface area contributed by atoms with Crippen molar-refractivity contribution in [1.82, 2.24) is 24.6 Å². The summed E-state index contributed by atoms with van der Waals surface area (Å²) < 4.78 is 43.1. The lowest BCUT2D eigenvalue weighted by Crippen LogP contribution is -2.50. The molecular formula is C25H20F3N5O. The molecule has 2 atom stereocenters. The van der Waals surface area contributed by atoms with Gasteiger partial charge in [0.05, 0.1) is 22.9 Å². The molecule has 6 rings (SSSR count). The number of fused-ring (bicyclic) bond motifs is 5. The lowest BCUT2D eigenvalue weighted by molar-refractivity contribution is 0.0388. The molecule has 2 aromatic carbocycles. The molecule has 4 aromatic rings. The van der Waals surface area contributed by atoms with Gasteiger partial charge in [0.25, 0.3) is 5.91 Å². The number of carbonyl (C=O) groups excluding carboxylic acids is 1. The molecule has 1 fully saturated rings. The van der Waals surface area contributed by atoms with Crippen molar-refractivity contribution in [3.63, 3.8) is 0 Å². The number of hydrogen-bond donors (Lipinski definition) is 0. The first-order valence-electron chi connectivity index (χ1n) is 11.2. The number of hydrogen-bond acceptors (Lipinski definition) is 4. The minimum atomic E-state index is -1.49. The van der Waals surface area contributed by atoms with E-state index in [1.165, 1.54) is 6.33 Å². The quantitative estimate of drug-likeness (QED) is 0.403. The van der Waals surface area contributed by atoms with Crippen LogP contribution in [0.5, 0.6) is 0 Å². The standard InChI is InChI=1S/C25H20F3N5O/c1-32-24(13-9-17(26)21(28)18(27)10-13)16-11-14-5-4-8-20(22(16)31-32)33(14)25(34)23-15-6-2-3-7-19(15)29-12-30-23/h2-3,6-7,9-10,12,14,20H,4-5,8,11H2,1H3/t14-,20+/m0/s1. The molecular weight excluding hydrogens is 443 g/mol. The molecule has 34 heavy (non-hydrogen) atoms. The molecule has 1 saturated heterocycles. The van der Waals surface area contributed by atoms with Crippen LogP contribution in [0, 0.1) is 17.5 Å². The van der Waals surface area contributed by atoms with Crippen molar-refractivity contribution in [2.24, 2.45) is 7.05 Å². The van der Waals surface area contributed by atoms with Gasteiger partial charge in [-0.3, -0.25) is 9.48 Å². The maximum atomic E-state index is 14.0. The zero-order chi connectivity index (χ0) is 23.6. The number of amides is 1. The Balaban J connectivity index is 1.46. The Morgan fingerprint density at radius 2 is 1.82 bits per heavy atom. The number of benzene rings is 2. The van der Waals surface area contributed by atoms with Crippen LogP contribution in [0.2, 0.25) is 0 Å². The van der Waals surface area contributed by atoms with Crippen LogP contribution in [0.4, 0.5) is 13.2 Å². The van der Waals surface area contributed by atoms with Crippen LogP contribution in [0.1, 0.15) is 47.1 Å². The normalized spacial score (nSPS) is 19.4. The fourth-order valence-corrected chi connectivity index (χ4v) is 5.50. The molecule has 6 nitrogen and oxygen atoms in total. The molecule has 0 aliphatic carbocycles. The summed E-state index contributed by atoms with van der Waals surface area (Å²) in [5.41, 5.74) is 3.38. The van der Waals surface area contributed by atoms with Crippen molar-refractivity contribution in [3.05, 3.63) is 77.1 Å². The van der Waals surface area contributed by atoms with Crippen molar-refractivity contribution in [2.45, 2.75) is 37.8 Å². The van der Waals surface area contributed by atoms with Crippen molar-refractivity contribution >= 4 is 16.8 Å². The summed E-state index contributed by atoms with van der Waals surface area (Å²) in [5.74, 6) is -4.16. The SMILES string of the molecule is Cn1nc2c(c1-c1cc(F)c(F)c(F)c1)C[C@@H]1CCC[C@H]2N1C(=O)c1ncnc2ccccc12. The van der Waals surface area contributed by atoms with Crippen molar-refractivity contribution in [1.29, 1.82) is 0 Å². The number of aryl methyl sites for hydroxylation is 1. The Morgan fingerprint density at radius 3 is 2.62 bits per heavy atom. The predicted molar refractivity (Wildman–Crippen MR) is 118 cm³/mol. The second-order valence-electron chi connectivity index (χ2n) is 8.85. The van der Waals surface area contributed by atoms with Crippen LogP contribution in [-0.4, -0.2) is 36.6 Å². The predicted octanol–water partition coefficient (Wildman–Crippen LogP) is 4.74. The molecule has 2 aliphatic heterocycles. The zero-order valence-electron chi connectivity index (χ0n) is 18.3. The fraction of sp³-hybridized carbons (Fsp3) is 0.280. The summed E-state index contributed by atoms with van der Waals surface area (Å²) in [4.78, 5) is 24.2. The molecule has 9 heteroatoms. The summed E-state index contributed by atoms with van der Waals surface area (Å²) in [6.07, 6.45) is 4.35. The molecule has 0 N–H and O–H groups in total. The molecule has 4 heterocycles. The highest BCUT2D eigenvalue weighted by molar-refractivity contribution is 6.04. The average molecular weight is 463 g/mol. The van der Waals surface area contributed by atoms with E-state index in [-0.39, 0.29) is 23.6 Å². The number of halogens is 3. The fourth-order valence-electron chi connectivity index (χ4n) is 5.50. The minimum absolute atomic E-state index is 0.106. The monoisotopic (exact) mass is 463 g/mol. The van der Waals surface area contributed by atoms with Crippen molar-refractivity contribution in [3.8, 4) is 11.3 Å². The van der Waals surface area contributed by atoms with Crippen LogP contribution in [0.25, 0.3) is 22.2 Å². The highest BCUT2D eigenvalue weighted by atomic mass is 19.2. The number of piperidine rings is 1. The van der Waals surface area contributed by atoms with E-state index in [1.807, 2.05) is 29.2 Å². The van der Waals surface area contributed by atoms with Gasteiger partial charge in [0, 0.05) is 29.6 Å². The van der Waals surface area contributed by atoms with E-state index in [2.05, 4.69) is 15.1 Å². The molecule has 172 valence electrons. The number of para-hydroxylation sites is 1. The van der Waals surface area contributed by atoms with Crippen LogP contribution < -0.4 is 0 Å². The second-order valence-corrected chi connectivity index (χ2v) is 8.85. The molecule has 2 aliphatic rings. The highest BCUT2D eigenvalue weighted by Gasteiger charge is 2.44. The smallest absolute Gasteiger partial charge is 0.274 e. The largest absolute Gasteiger partial charge is 0.325 e. The van der Waals surface area contributed by atoms with E-state index >= 15 is 0 Å². The van der Waals surface area contributed by atoms with E-state index in [0.717, 1.165) is 37.0 Å². The Labute approximate surface area is 193 Å². The zero-order valence-corrected chi connectivity index (χ0v) is 18.3. The maximum Gasteiger partial charge on any atom is 0.274 e. The third kappa shape index (κ3) is 3.03. The molecule has 0 spiro atoms. The number of carbonyl (C=O) groups is 1. The summed E-state index contributed by atoms with van der Waals surface area (Å²) in [6, 6.07) is 9.00. The van der Waals surface area contributed by atoms with E-state index in [9.17, 15) is 18.0 Å².